The van der Waals surface area contributed by atoms with Gasteiger partial charge in [0, 0.05) is 17.6 Å². The number of para-hydroxylation sites is 1. The van der Waals surface area contributed by atoms with Crippen LogP contribution in [-0.4, -0.2) is 14.8 Å². The minimum Gasteiger partial charge on any atom is -0.493 e. The minimum atomic E-state index is 0.0409. The smallest absolute Gasteiger partial charge is 0.221 e. The number of fused-ring (bicyclic) bond motifs is 1. The van der Waals surface area contributed by atoms with Gasteiger partial charge in [-0.15, -0.1) is 10.2 Å². The lowest BCUT2D eigenvalue weighted by atomic mass is 10.2. The maximum Gasteiger partial charge on any atom is 0.221 e. The number of hydrogen-bond donors (Lipinski definition) is 2. The average molecular weight is 375 g/mol. The fourth-order valence-electron chi connectivity index (χ4n) is 2.64. The molecule has 2 aromatic carbocycles. The molecule has 7 heteroatoms. The summed E-state index contributed by atoms with van der Waals surface area (Å²) in [5.74, 6) is 0.0409. The number of aromatic nitrogens is 1. The second-order valence-electron chi connectivity index (χ2n) is 5.69. The summed E-state index contributed by atoms with van der Waals surface area (Å²) in [4.78, 5) is 0. The van der Waals surface area contributed by atoms with Crippen LogP contribution in [0.5, 0.6) is 5.88 Å². The van der Waals surface area contributed by atoms with Gasteiger partial charge in [-0.05, 0) is 49.5 Å². The fourth-order valence-corrected chi connectivity index (χ4v) is 2.80. The molecule has 0 aliphatic rings. The lowest BCUT2D eigenvalue weighted by Gasteiger charge is -2.03. The van der Waals surface area contributed by atoms with Crippen molar-refractivity contribution in [2.24, 2.45) is 10.2 Å². The highest BCUT2D eigenvalue weighted by molar-refractivity contribution is 7.80. The van der Waals surface area contributed by atoms with E-state index in [0.29, 0.717) is 23.5 Å². The van der Waals surface area contributed by atoms with Crippen molar-refractivity contribution >= 4 is 39.6 Å². The number of thiocarbonyl (C=S) groups is 1. The third-order valence-electron chi connectivity index (χ3n) is 3.95. The van der Waals surface area contributed by atoms with Crippen molar-refractivity contribution in [3.8, 4) is 11.9 Å². The molecule has 0 aliphatic heterocycles. The number of azo groups is 1. The largest absolute Gasteiger partial charge is 0.493 e. The molecule has 0 spiro atoms. The first-order valence-electron chi connectivity index (χ1n) is 8.28. The van der Waals surface area contributed by atoms with Crippen molar-refractivity contribution in [3.63, 3.8) is 0 Å². The highest BCUT2D eigenvalue weighted by Gasteiger charge is 2.15. The monoisotopic (exact) mass is 375 g/mol. The van der Waals surface area contributed by atoms with Gasteiger partial charge in [0.15, 0.2) is 5.69 Å². The van der Waals surface area contributed by atoms with E-state index in [0.717, 1.165) is 10.9 Å². The van der Waals surface area contributed by atoms with E-state index in [-0.39, 0.29) is 11.0 Å². The van der Waals surface area contributed by atoms with Crippen LogP contribution in [0.2, 0.25) is 0 Å². The Kier molecular flexibility index (Phi) is 5.59. The van der Waals surface area contributed by atoms with E-state index in [9.17, 15) is 5.11 Å². The number of nitriles is 1. The third kappa shape index (κ3) is 4.02. The number of nitrogens with zero attached hydrogens (tertiary/aromatic N) is 4. The molecule has 0 saturated heterocycles. The summed E-state index contributed by atoms with van der Waals surface area (Å²) in [7, 11) is 0. The van der Waals surface area contributed by atoms with Crippen molar-refractivity contribution in [1.29, 1.82) is 5.26 Å². The molecule has 1 heterocycles. The quantitative estimate of drug-likeness (QED) is 0.369. The van der Waals surface area contributed by atoms with E-state index in [1.54, 1.807) is 28.8 Å². The van der Waals surface area contributed by atoms with E-state index in [1.807, 2.05) is 43.3 Å². The number of nitrogens with one attached hydrogen (secondary N) is 1. The van der Waals surface area contributed by atoms with Crippen molar-refractivity contribution in [2.75, 3.05) is 5.32 Å². The van der Waals surface area contributed by atoms with Crippen molar-refractivity contribution in [1.82, 2.24) is 4.57 Å². The van der Waals surface area contributed by atoms with Gasteiger partial charge < -0.3 is 15.0 Å². The number of rotatable bonds is 4. The standard InChI is InChI=1S/C20H17N5OS/c1-2-3-12-25-17-7-5-4-6-16(17)18(19(25)26)23-24-20(27)22-15-10-8-14(13-21)9-11-15/h2-11,26H,12H2,1H3,(H,22,27)/b3-2+,24-23?. The Balaban J connectivity index is 1.85. The van der Waals surface area contributed by atoms with Crippen LogP contribution >= 0.6 is 12.2 Å². The van der Waals surface area contributed by atoms with E-state index < -0.39 is 0 Å². The van der Waals surface area contributed by atoms with Gasteiger partial charge in [0.25, 0.3) is 0 Å². The number of aromatic hydroxyl groups is 1. The van der Waals surface area contributed by atoms with Crippen molar-refractivity contribution in [3.05, 3.63) is 66.2 Å². The lowest BCUT2D eigenvalue weighted by Crippen LogP contribution is -2.04. The SMILES string of the molecule is C/C=C/Cn1c(O)c(N=NC(=S)Nc2ccc(C#N)cc2)c2ccccc21. The summed E-state index contributed by atoms with van der Waals surface area (Å²) >= 11 is 5.20. The van der Waals surface area contributed by atoms with Crippen LogP contribution < -0.4 is 5.32 Å². The topological polar surface area (TPSA) is 85.7 Å². The Morgan fingerprint density at radius 2 is 2.00 bits per heavy atom. The van der Waals surface area contributed by atoms with Crippen LogP contribution in [0.3, 0.4) is 0 Å². The Bertz CT molecular complexity index is 1070. The van der Waals surface area contributed by atoms with Crippen LogP contribution in [0.4, 0.5) is 11.4 Å². The van der Waals surface area contributed by atoms with Crippen LogP contribution in [0.25, 0.3) is 10.9 Å². The molecule has 0 aliphatic carbocycles. The average Bonchev–Trinajstić information content (AvgIpc) is 2.96. The number of anilines is 1. The van der Waals surface area contributed by atoms with Gasteiger partial charge in [0.1, 0.15) is 0 Å². The third-order valence-corrected chi connectivity index (χ3v) is 4.13. The van der Waals surface area contributed by atoms with Crippen LogP contribution in [0.1, 0.15) is 12.5 Å². The molecule has 27 heavy (non-hydrogen) atoms. The van der Waals surface area contributed by atoms with Crippen LogP contribution in [0.15, 0.2) is 70.9 Å². The van der Waals surface area contributed by atoms with E-state index >= 15 is 0 Å². The second kappa shape index (κ2) is 8.25. The molecular formula is C20H17N5OS. The Labute approximate surface area is 162 Å². The van der Waals surface area contributed by atoms with Crippen LogP contribution in [0, 0.1) is 11.3 Å². The normalized spacial score (nSPS) is 11.3. The van der Waals surface area contributed by atoms with Gasteiger partial charge in [0.05, 0.1) is 17.1 Å². The molecular weight excluding hydrogens is 358 g/mol. The Morgan fingerprint density at radius 1 is 1.26 bits per heavy atom. The Hall–Kier alpha value is -3.50. The fraction of sp³-hybridized carbons (Fsp3) is 0.100. The summed E-state index contributed by atoms with van der Waals surface area (Å²) in [6.45, 7) is 2.46. The maximum absolute atomic E-state index is 10.6. The van der Waals surface area contributed by atoms with E-state index in [4.69, 9.17) is 17.5 Å². The van der Waals surface area contributed by atoms with E-state index in [1.165, 1.54) is 0 Å². The minimum absolute atomic E-state index is 0.0409. The molecule has 0 amide bonds. The summed E-state index contributed by atoms with van der Waals surface area (Å²) < 4.78 is 1.76. The van der Waals surface area contributed by atoms with Crippen LogP contribution in [-0.2, 0) is 6.54 Å². The van der Waals surface area contributed by atoms with Crippen molar-refractivity contribution in [2.45, 2.75) is 13.5 Å². The summed E-state index contributed by atoms with van der Waals surface area (Å²) in [6, 6.07) is 16.5. The molecule has 3 aromatic rings. The molecule has 0 saturated carbocycles. The summed E-state index contributed by atoms with van der Waals surface area (Å²) in [5, 5.41) is 31.5. The molecule has 134 valence electrons. The second-order valence-corrected chi connectivity index (χ2v) is 6.08. The molecule has 2 N–H and O–H groups in total. The van der Waals surface area contributed by atoms with Gasteiger partial charge in [-0.25, -0.2) is 0 Å². The first-order valence-corrected chi connectivity index (χ1v) is 8.69. The highest BCUT2D eigenvalue weighted by atomic mass is 32.1. The summed E-state index contributed by atoms with van der Waals surface area (Å²) in [5.41, 5.74) is 2.51. The zero-order valence-electron chi connectivity index (χ0n) is 14.6. The van der Waals surface area contributed by atoms with Gasteiger partial charge in [-0.1, -0.05) is 30.4 Å². The molecule has 0 radical (unpaired) electrons. The molecule has 6 nitrogen and oxygen atoms in total. The zero-order chi connectivity index (χ0) is 19.2. The molecule has 0 atom stereocenters. The van der Waals surface area contributed by atoms with Gasteiger partial charge in [0.2, 0.25) is 11.0 Å². The first-order chi connectivity index (χ1) is 13.1. The predicted molar refractivity (Wildman–Crippen MR) is 110 cm³/mol. The van der Waals surface area contributed by atoms with Gasteiger partial charge in [-0.3, -0.25) is 0 Å². The number of hydrogen-bond acceptors (Lipinski definition) is 4. The highest BCUT2D eigenvalue weighted by Crippen LogP contribution is 2.38. The molecule has 0 bridgehead atoms. The molecule has 0 fully saturated rings. The molecule has 0 unspecified atom stereocenters. The van der Waals surface area contributed by atoms with Gasteiger partial charge in [-0.2, -0.15) is 5.26 Å². The molecule has 1 aromatic heterocycles. The zero-order valence-corrected chi connectivity index (χ0v) is 15.4. The first kappa shape index (κ1) is 18.3. The number of allylic oxidation sites excluding steroid dienone is 2. The maximum atomic E-state index is 10.6. The summed E-state index contributed by atoms with van der Waals surface area (Å²) in [6.07, 6.45) is 3.87. The lowest BCUT2D eigenvalue weighted by molar-refractivity contribution is 0.431. The van der Waals surface area contributed by atoms with Gasteiger partial charge >= 0.3 is 0 Å². The predicted octanol–water partition coefficient (Wildman–Crippen LogP) is 5.28. The van der Waals surface area contributed by atoms with E-state index in [2.05, 4.69) is 21.6 Å². The number of benzene rings is 2. The molecule has 3 rings (SSSR count). The van der Waals surface area contributed by atoms with Crippen molar-refractivity contribution < 1.29 is 5.11 Å². The Morgan fingerprint density at radius 3 is 2.70 bits per heavy atom.